The minimum atomic E-state index is -0.585. The predicted molar refractivity (Wildman–Crippen MR) is 87.0 cm³/mol. The summed E-state index contributed by atoms with van der Waals surface area (Å²) in [5, 5.41) is 15.4. The average molecular weight is 340 g/mol. The van der Waals surface area contributed by atoms with Crippen LogP contribution >= 0.6 is 0 Å². The van der Waals surface area contributed by atoms with Crippen molar-refractivity contribution < 1.29 is 14.5 Å². The number of nitrogens with two attached hydrogens (primary N) is 1. The van der Waals surface area contributed by atoms with Crippen LogP contribution in [-0.2, 0) is 4.74 Å². The number of aromatic nitrogens is 4. The number of hydrogen-bond acceptors (Lipinski definition) is 8. The lowest BCUT2D eigenvalue weighted by Crippen LogP contribution is -2.04. The molecule has 3 rings (SSSR count). The Morgan fingerprint density at radius 3 is 2.72 bits per heavy atom. The van der Waals surface area contributed by atoms with E-state index in [9.17, 15) is 14.9 Å². The van der Waals surface area contributed by atoms with E-state index >= 15 is 0 Å². The maximum atomic E-state index is 11.4. The predicted octanol–water partition coefficient (Wildman–Crippen LogP) is 1.61. The van der Waals surface area contributed by atoms with E-state index in [2.05, 4.69) is 19.8 Å². The lowest BCUT2D eigenvalue weighted by Gasteiger charge is -2.03. The molecule has 0 atom stereocenters. The van der Waals surface area contributed by atoms with E-state index in [0.29, 0.717) is 22.5 Å². The molecule has 0 unspecified atom stereocenters. The molecule has 3 aromatic heterocycles. The molecule has 2 N–H and O–H groups in total. The monoisotopic (exact) mass is 340 g/mol. The molecular formula is C15H12N6O4. The number of ether oxygens (including phenoxy) is 1. The van der Waals surface area contributed by atoms with Crippen LogP contribution in [0.4, 0.5) is 11.5 Å². The molecule has 0 amide bonds. The zero-order chi connectivity index (χ0) is 18.0. The first kappa shape index (κ1) is 16.1. The minimum Gasteiger partial charge on any atom is -0.465 e. The standard InChI is InChI=1S/C15H12N6O4/c1-25-15(22)9-2-3-12(18-6-9)20-8-10(7-19-20)11-4-5-17-14(16)13(11)21(23)24/h2-8H,1H3,(H2,16,17). The van der Waals surface area contributed by atoms with Crippen LogP contribution in [0.5, 0.6) is 0 Å². The molecule has 0 fully saturated rings. The highest BCUT2D eigenvalue weighted by Gasteiger charge is 2.21. The Labute approximate surface area is 141 Å². The van der Waals surface area contributed by atoms with E-state index in [4.69, 9.17) is 5.73 Å². The van der Waals surface area contributed by atoms with Gasteiger partial charge in [0.05, 0.1) is 29.4 Å². The van der Waals surface area contributed by atoms with Crippen LogP contribution in [0.3, 0.4) is 0 Å². The third-order valence-corrected chi connectivity index (χ3v) is 3.43. The minimum absolute atomic E-state index is 0.171. The summed E-state index contributed by atoms with van der Waals surface area (Å²) in [6, 6.07) is 4.62. The van der Waals surface area contributed by atoms with Crippen molar-refractivity contribution >= 4 is 17.5 Å². The smallest absolute Gasteiger partial charge is 0.339 e. The molecule has 0 saturated carbocycles. The van der Waals surface area contributed by atoms with Crippen molar-refractivity contribution in [3.05, 3.63) is 58.7 Å². The summed E-state index contributed by atoms with van der Waals surface area (Å²) in [7, 11) is 1.28. The number of esters is 1. The van der Waals surface area contributed by atoms with Crippen molar-refractivity contribution in [2.75, 3.05) is 12.8 Å². The Morgan fingerprint density at radius 1 is 1.28 bits per heavy atom. The van der Waals surface area contributed by atoms with Gasteiger partial charge in [0.25, 0.3) is 0 Å². The van der Waals surface area contributed by atoms with Crippen molar-refractivity contribution in [2.45, 2.75) is 0 Å². The van der Waals surface area contributed by atoms with Gasteiger partial charge in [0, 0.05) is 24.2 Å². The van der Waals surface area contributed by atoms with Gasteiger partial charge in [0.2, 0.25) is 5.82 Å². The summed E-state index contributed by atoms with van der Waals surface area (Å²) in [6.45, 7) is 0. The maximum Gasteiger partial charge on any atom is 0.339 e. The van der Waals surface area contributed by atoms with Gasteiger partial charge in [-0.25, -0.2) is 19.4 Å². The molecule has 0 aliphatic heterocycles. The largest absolute Gasteiger partial charge is 0.465 e. The van der Waals surface area contributed by atoms with Gasteiger partial charge in [0.1, 0.15) is 0 Å². The fourth-order valence-electron chi connectivity index (χ4n) is 2.24. The van der Waals surface area contributed by atoms with E-state index in [-0.39, 0.29) is 11.5 Å². The number of nitro groups is 1. The first-order valence-electron chi connectivity index (χ1n) is 7.00. The van der Waals surface area contributed by atoms with Crippen LogP contribution in [0.25, 0.3) is 16.9 Å². The van der Waals surface area contributed by atoms with Crippen molar-refractivity contribution in [1.82, 2.24) is 19.7 Å². The van der Waals surface area contributed by atoms with Crippen molar-refractivity contribution in [1.29, 1.82) is 0 Å². The molecule has 10 nitrogen and oxygen atoms in total. The quantitative estimate of drug-likeness (QED) is 0.429. The summed E-state index contributed by atoms with van der Waals surface area (Å²) in [6.07, 6.45) is 5.77. The molecule has 0 aromatic carbocycles. The fourth-order valence-corrected chi connectivity index (χ4v) is 2.24. The fraction of sp³-hybridized carbons (Fsp3) is 0.0667. The number of nitrogens with zero attached hydrogens (tertiary/aromatic N) is 5. The molecular weight excluding hydrogens is 328 g/mol. The summed E-state index contributed by atoms with van der Waals surface area (Å²) in [5.74, 6) is -0.234. The van der Waals surface area contributed by atoms with Gasteiger partial charge < -0.3 is 10.5 Å². The number of rotatable bonds is 4. The van der Waals surface area contributed by atoms with Crippen molar-refractivity contribution in [3.63, 3.8) is 0 Å². The van der Waals surface area contributed by atoms with Gasteiger partial charge >= 0.3 is 11.7 Å². The van der Waals surface area contributed by atoms with Gasteiger partial charge in [-0.05, 0) is 18.2 Å². The van der Waals surface area contributed by atoms with E-state index in [0.717, 1.165) is 0 Å². The number of nitrogen functional groups attached to an aromatic ring is 1. The van der Waals surface area contributed by atoms with E-state index in [1.54, 1.807) is 18.3 Å². The highest BCUT2D eigenvalue weighted by Crippen LogP contribution is 2.32. The zero-order valence-electron chi connectivity index (χ0n) is 13.0. The first-order chi connectivity index (χ1) is 12.0. The van der Waals surface area contributed by atoms with Crippen molar-refractivity contribution in [2.24, 2.45) is 0 Å². The number of carbonyl (C=O) groups excluding carboxylic acids is 1. The van der Waals surface area contributed by atoms with Gasteiger partial charge in [-0.2, -0.15) is 5.10 Å². The summed E-state index contributed by atoms with van der Waals surface area (Å²) >= 11 is 0. The lowest BCUT2D eigenvalue weighted by molar-refractivity contribution is -0.383. The van der Waals surface area contributed by atoms with Crippen LogP contribution in [-0.4, -0.2) is 37.8 Å². The topological polar surface area (TPSA) is 139 Å². The van der Waals surface area contributed by atoms with Crippen LogP contribution in [0, 0.1) is 10.1 Å². The molecule has 126 valence electrons. The lowest BCUT2D eigenvalue weighted by atomic mass is 10.1. The molecule has 0 aliphatic rings. The second-order valence-corrected chi connectivity index (χ2v) is 4.92. The third kappa shape index (κ3) is 3.00. The van der Waals surface area contributed by atoms with Gasteiger partial charge in [-0.15, -0.1) is 0 Å². The maximum absolute atomic E-state index is 11.4. The summed E-state index contributed by atoms with van der Waals surface area (Å²) in [5.41, 5.74) is 6.41. The molecule has 0 aliphatic carbocycles. The molecule has 0 saturated heterocycles. The van der Waals surface area contributed by atoms with Gasteiger partial charge in [-0.1, -0.05) is 0 Å². The van der Waals surface area contributed by atoms with Crippen molar-refractivity contribution in [3.8, 4) is 16.9 Å². The number of carbonyl (C=O) groups is 1. The molecule has 10 heteroatoms. The van der Waals surface area contributed by atoms with E-state index in [1.807, 2.05) is 0 Å². The summed E-state index contributed by atoms with van der Waals surface area (Å²) < 4.78 is 6.03. The molecule has 0 spiro atoms. The average Bonchev–Trinajstić information content (AvgIpc) is 3.10. The normalized spacial score (nSPS) is 10.4. The van der Waals surface area contributed by atoms with Crippen LogP contribution in [0.1, 0.15) is 10.4 Å². The van der Waals surface area contributed by atoms with Crippen LogP contribution in [0.2, 0.25) is 0 Å². The summed E-state index contributed by atoms with van der Waals surface area (Å²) in [4.78, 5) is 29.9. The van der Waals surface area contributed by atoms with Crippen LogP contribution < -0.4 is 5.73 Å². The number of methoxy groups -OCH3 is 1. The van der Waals surface area contributed by atoms with Crippen LogP contribution in [0.15, 0.2) is 43.0 Å². The second kappa shape index (κ2) is 6.35. The molecule has 0 bridgehead atoms. The second-order valence-electron chi connectivity index (χ2n) is 4.92. The highest BCUT2D eigenvalue weighted by atomic mass is 16.6. The number of pyridine rings is 2. The Balaban J connectivity index is 1.98. The SMILES string of the molecule is COC(=O)c1ccc(-n2cc(-c3ccnc(N)c3[N+](=O)[O-])cn2)nc1. The Morgan fingerprint density at radius 2 is 2.08 bits per heavy atom. The third-order valence-electron chi connectivity index (χ3n) is 3.43. The van der Waals surface area contributed by atoms with E-state index in [1.165, 1.54) is 36.4 Å². The first-order valence-corrected chi connectivity index (χ1v) is 7.00. The van der Waals surface area contributed by atoms with E-state index < -0.39 is 10.9 Å². The number of anilines is 1. The van der Waals surface area contributed by atoms with Gasteiger partial charge in [-0.3, -0.25) is 10.1 Å². The Kier molecular flexibility index (Phi) is 4.08. The van der Waals surface area contributed by atoms with Gasteiger partial charge in [0.15, 0.2) is 5.82 Å². The Hall–Kier alpha value is -3.82. The molecule has 3 aromatic rings. The highest BCUT2D eigenvalue weighted by molar-refractivity contribution is 5.89. The molecule has 0 radical (unpaired) electrons. The zero-order valence-corrected chi connectivity index (χ0v) is 13.0. The molecule has 3 heterocycles. The number of hydrogen-bond donors (Lipinski definition) is 1. The Bertz CT molecular complexity index is 951. The molecule has 25 heavy (non-hydrogen) atoms.